The lowest BCUT2D eigenvalue weighted by molar-refractivity contribution is -0.168. The van der Waals surface area contributed by atoms with E-state index >= 15 is 0 Å². The fourth-order valence-corrected chi connectivity index (χ4v) is 5.39. The molecular formula is C28H34N6O3. The topological polar surface area (TPSA) is 112 Å². The molecule has 194 valence electrons. The number of aromatic nitrogens is 4. The summed E-state index contributed by atoms with van der Waals surface area (Å²) in [6.45, 7) is 3.16. The Bertz CT molecular complexity index is 1260. The average Bonchev–Trinajstić information content (AvgIpc) is 3.34. The fourth-order valence-electron chi connectivity index (χ4n) is 5.39. The molecule has 3 N–H and O–H groups in total. The molecule has 1 saturated carbocycles. The van der Waals surface area contributed by atoms with E-state index in [0.717, 1.165) is 38.0 Å². The Morgan fingerprint density at radius 3 is 2.59 bits per heavy atom. The largest absolute Gasteiger partial charge is 0.507 e. The van der Waals surface area contributed by atoms with Gasteiger partial charge in [0.2, 0.25) is 0 Å². The van der Waals surface area contributed by atoms with Gasteiger partial charge in [-0.15, -0.1) is 10.2 Å². The predicted molar refractivity (Wildman–Crippen MR) is 140 cm³/mol. The number of benzene rings is 1. The summed E-state index contributed by atoms with van der Waals surface area (Å²) in [7, 11) is 3.44. The summed E-state index contributed by atoms with van der Waals surface area (Å²) < 4.78 is 12.8. The molecule has 0 amide bonds. The predicted octanol–water partition coefficient (Wildman–Crippen LogP) is 3.14. The summed E-state index contributed by atoms with van der Waals surface area (Å²) in [5, 5.41) is 22.8. The number of anilines is 1. The van der Waals surface area contributed by atoms with E-state index in [2.05, 4.69) is 32.0 Å². The summed E-state index contributed by atoms with van der Waals surface area (Å²) in [6.07, 6.45) is 8.36. The van der Waals surface area contributed by atoms with Gasteiger partial charge in [0.25, 0.3) is 0 Å². The lowest BCUT2D eigenvalue weighted by atomic mass is 9.77. The molecule has 0 bridgehead atoms. The van der Waals surface area contributed by atoms with Crippen molar-refractivity contribution in [2.45, 2.75) is 44.6 Å². The molecule has 0 atom stereocenters. The number of piperidine rings is 1. The summed E-state index contributed by atoms with van der Waals surface area (Å²) in [5.74, 6) is 7.74. The van der Waals surface area contributed by atoms with Crippen LogP contribution < -0.4 is 5.73 Å². The fraction of sp³-hybridized carbons (Fsp3) is 0.464. The van der Waals surface area contributed by atoms with Crippen molar-refractivity contribution in [1.29, 1.82) is 0 Å². The van der Waals surface area contributed by atoms with Crippen LogP contribution in [0, 0.1) is 23.7 Å². The van der Waals surface area contributed by atoms with Gasteiger partial charge in [0.1, 0.15) is 5.75 Å². The highest BCUT2D eigenvalue weighted by Gasteiger charge is 2.39. The molecule has 9 nitrogen and oxygen atoms in total. The molecular weight excluding hydrogens is 468 g/mol. The van der Waals surface area contributed by atoms with Crippen molar-refractivity contribution < 1.29 is 14.6 Å². The van der Waals surface area contributed by atoms with Crippen LogP contribution in [0.1, 0.15) is 36.8 Å². The standard InChI is InChI=1S/C28H34N6O3/c1-36-28(37-2)22-13-23(14-22)33-11-9-19(10-12-33)17-34-18-20(16-30-34)7-8-21-15-25(31-32-27(21)29)24-5-3-4-6-26(24)35/h3-6,15-16,18-19,22-23,28,35H,9-14,17H2,1-2H3,(H2,29,32). The number of methoxy groups -OCH3 is 2. The smallest absolute Gasteiger partial charge is 0.161 e. The lowest BCUT2D eigenvalue weighted by Crippen LogP contribution is -2.51. The molecule has 2 aliphatic rings. The van der Waals surface area contributed by atoms with E-state index in [1.165, 1.54) is 12.8 Å². The van der Waals surface area contributed by atoms with Crippen molar-refractivity contribution in [2.75, 3.05) is 33.0 Å². The van der Waals surface area contributed by atoms with Crippen LogP contribution in [0.25, 0.3) is 11.3 Å². The number of phenolic OH excluding ortho intramolecular Hbond substituents is 1. The van der Waals surface area contributed by atoms with Crippen LogP contribution in [0.4, 0.5) is 5.82 Å². The Hall–Kier alpha value is -3.45. The number of para-hydroxylation sites is 1. The molecule has 3 aromatic rings. The highest BCUT2D eigenvalue weighted by Crippen LogP contribution is 2.37. The van der Waals surface area contributed by atoms with Crippen molar-refractivity contribution in [3.05, 3.63) is 53.9 Å². The second kappa shape index (κ2) is 11.3. The first-order chi connectivity index (χ1) is 18.0. The molecule has 0 radical (unpaired) electrons. The van der Waals surface area contributed by atoms with E-state index < -0.39 is 0 Å². The zero-order valence-corrected chi connectivity index (χ0v) is 21.4. The van der Waals surface area contributed by atoms with Crippen LogP contribution in [0.2, 0.25) is 0 Å². The third-order valence-electron chi connectivity index (χ3n) is 7.59. The van der Waals surface area contributed by atoms with Crippen molar-refractivity contribution >= 4 is 5.82 Å². The molecule has 0 spiro atoms. The van der Waals surface area contributed by atoms with E-state index in [1.54, 1.807) is 44.7 Å². The SMILES string of the molecule is COC(OC)C1CC(N2CCC(Cn3cc(C#Cc4cc(-c5ccccc5O)nnc4N)cn3)CC2)C1. The molecule has 1 aromatic carbocycles. The Morgan fingerprint density at radius 1 is 1.11 bits per heavy atom. The van der Waals surface area contributed by atoms with E-state index in [9.17, 15) is 5.11 Å². The van der Waals surface area contributed by atoms with Crippen LogP contribution in [0.3, 0.4) is 0 Å². The van der Waals surface area contributed by atoms with Gasteiger partial charge in [-0.25, -0.2) is 0 Å². The summed E-state index contributed by atoms with van der Waals surface area (Å²) in [4.78, 5) is 2.63. The summed E-state index contributed by atoms with van der Waals surface area (Å²) in [6, 6.07) is 9.39. The first kappa shape index (κ1) is 25.2. The number of nitrogen functional groups attached to an aromatic ring is 1. The Kier molecular flexibility index (Phi) is 7.70. The normalized spacial score (nSPS) is 20.4. The molecule has 37 heavy (non-hydrogen) atoms. The van der Waals surface area contributed by atoms with Gasteiger partial charge in [0.15, 0.2) is 12.1 Å². The van der Waals surface area contributed by atoms with Crippen LogP contribution >= 0.6 is 0 Å². The number of hydrogen-bond acceptors (Lipinski definition) is 8. The van der Waals surface area contributed by atoms with Gasteiger partial charge in [-0.1, -0.05) is 24.0 Å². The molecule has 9 heteroatoms. The Labute approximate surface area is 217 Å². The zero-order chi connectivity index (χ0) is 25.8. The van der Waals surface area contributed by atoms with Crippen molar-refractivity contribution in [3.63, 3.8) is 0 Å². The molecule has 1 aliphatic heterocycles. The first-order valence-electron chi connectivity index (χ1n) is 12.8. The van der Waals surface area contributed by atoms with E-state index in [4.69, 9.17) is 15.2 Å². The molecule has 2 fully saturated rings. The van der Waals surface area contributed by atoms with Crippen molar-refractivity contribution in [3.8, 4) is 28.8 Å². The Balaban J connectivity index is 1.15. The molecule has 5 rings (SSSR count). The highest BCUT2D eigenvalue weighted by molar-refractivity contribution is 5.69. The van der Waals surface area contributed by atoms with Gasteiger partial charge in [-0.2, -0.15) is 5.10 Å². The molecule has 0 unspecified atom stereocenters. The number of nitrogens with two attached hydrogens (primary N) is 1. The summed E-state index contributed by atoms with van der Waals surface area (Å²) >= 11 is 0. The monoisotopic (exact) mass is 502 g/mol. The minimum atomic E-state index is -0.0727. The maximum Gasteiger partial charge on any atom is 0.161 e. The second-order valence-electron chi connectivity index (χ2n) is 9.95. The van der Waals surface area contributed by atoms with E-state index in [-0.39, 0.29) is 17.9 Å². The minimum Gasteiger partial charge on any atom is -0.507 e. The van der Waals surface area contributed by atoms with Gasteiger partial charge < -0.3 is 25.2 Å². The van der Waals surface area contributed by atoms with Gasteiger partial charge >= 0.3 is 0 Å². The lowest BCUT2D eigenvalue weighted by Gasteiger charge is -2.47. The number of hydrogen-bond donors (Lipinski definition) is 2. The van der Waals surface area contributed by atoms with Crippen molar-refractivity contribution in [2.24, 2.45) is 11.8 Å². The second-order valence-corrected chi connectivity index (χ2v) is 9.95. The van der Waals surface area contributed by atoms with Gasteiger partial charge in [0, 0.05) is 44.5 Å². The van der Waals surface area contributed by atoms with Crippen LogP contribution in [0.5, 0.6) is 5.75 Å². The molecule has 2 aromatic heterocycles. The highest BCUT2D eigenvalue weighted by atomic mass is 16.7. The number of aromatic hydroxyl groups is 1. The number of rotatable bonds is 7. The first-order valence-corrected chi connectivity index (χ1v) is 12.8. The maximum absolute atomic E-state index is 10.1. The summed E-state index contributed by atoms with van der Waals surface area (Å²) in [5.41, 5.74) is 8.50. The van der Waals surface area contributed by atoms with E-state index in [0.29, 0.717) is 34.7 Å². The third-order valence-corrected chi connectivity index (χ3v) is 7.59. The van der Waals surface area contributed by atoms with E-state index in [1.807, 2.05) is 16.9 Å². The number of phenols is 1. The number of nitrogens with zero attached hydrogens (tertiary/aromatic N) is 5. The van der Waals surface area contributed by atoms with Gasteiger partial charge in [-0.3, -0.25) is 4.68 Å². The Morgan fingerprint density at radius 2 is 1.86 bits per heavy atom. The molecule has 1 saturated heterocycles. The van der Waals surface area contributed by atoms with Crippen LogP contribution in [-0.2, 0) is 16.0 Å². The van der Waals surface area contributed by atoms with Crippen molar-refractivity contribution in [1.82, 2.24) is 24.9 Å². The maximum atomic E-state index is 10.1. The van der Waals surface area contributed by atoms with Gasteiger partial charge in [-0.05, 0) is 62.9 Å². The average molecular weight is 503 g/mol. The zero-order valence-electron chi connectivity index (χ0n) is 21.4. The number of likely N-dealkylation sites (tertiary alicyclic amines) is 1. The quantitative estimate of drug-likeness (QED) is 0.374. The van der Waals surface area contributed by atoms with Gasteiger partial charge in [0.05, 0.1) is 23.0 Å². The molecule has 1 aliphatic carbocycles. The number of ether oxygens (including phenoxy) is 2. The van der Waals surface area contributed by atoms with Crippen LogP contribution in [0.15, 0.2) is 42.7 Å². The third kappa shape index (κ3) is 5.77. The minimum absolute atomic E-state index is 0.0727. The molecule has 3 heterocycles. The van der Waals surface area contributed by atoms with Crippen LogP contribution in [-0.4, -0.2) is 69.6 Å².